The first-order valence-electron chi connectivity index (χ1n) is 12.0. The first-order valence-corrected chi connectivity index (χ1v) is 12.0. The van der Waals surface area contributed by atoms with Crippen LogP contribution in [-0.4, -0.2) is 47.2 Å². The molecule has 0 bridgehead atoms. The number of anilines is 2. The van der Waals surface area contributed by atoms with E-state index in [4.69, 9.17) is 0 Å². The largest absolute Gasteiger partial charge is 0.371 e. The van der Waals surface area contributed by atoms with E-state index in [0.717, 1.165) is 63.1 Å². The van der Waals surface area contributed by atoms with Crippen LogP contribution in [0.2, 0.25) is 0 Å². The maximum Gasteiger partial charge on any atom is 0.224 e. The number of nitrogens with one attached hydrogen (secondary N) is 2. The zero-order chi connectivity index (χ0) is 22.9. The van der Waals surface area contributed by atoms with Gasteiger partial charge in [-0.15, -0.1) is 0 Å². The third-order valence-electron chi connectivity index (χ3n) is 6.54. The molecule has 0 unspecified atom stereocenters. The van der Waals surface area contributed by atoms with Gasteiger partial charge in [0.1, 0.15) is 0 Å². The zero-order valence-corrected chi connectivity index (χ0v) is 19.5. The van der Waals surface area contributed by atoms with Crippen molar-refractivity contribution in [2.75, 3.05) is 30.4 Å². The number of aromatic amines is 1. The fourth-order valence-corrected chi connectivity index (χ4v) is 4.57. The highest BCUT2D eigenvalue weighted by Gasteiger charge is 2.23. The van der Waals surface area contributed by atoms with Gasteiger partial charge in [-0.1, -0.05) is 30.3 Å². The molecule has 4 rings (SSSR count). The van der Waals surface area contributed by atoms with Crippen molar-refractivity contribution in [3.8, 4) is 0 Å². The molecular formula is C27H35N5O. The number of aromatic nitrogens is 2. The van der Waals surface area contributed by atoms with Gasteiger partial charge in [0.25, 0.3) is 0 Å². The molecule has 1 aromatic heterocycles. The summed E-state index contributed by atoms with van der Waals surface area (Å²) >= 11 is 0. The van der Waals surface area contributed by atoms with Gasteiger partial charge in [-0.3, -0.25) is 14.8 Å². The number of piperidine rings is 1. The second kappa shape index (κ2) is 11.7. The number of rotatable bonds is 10. The lowest BCUT2D eigenvalue weighted by Gasteiger charge is -2.37. The normalized spacial score (nSPS) is 14.5. The second-order valence-corrected chi connectivity index (χ2v) is 9.00. The van der Waals surface area contributed by atoms with Gasteiger partial charge < -0.3 is 10.2 Å². The summed E-state index contributed by atoms with van der Waals surface area (Å²) in [5, 5.41) is 10.1. The number of aryl methyl sites for hydroxylation is 1. The van der Waals surface area contributed by atoms with Crippen molar-refractivity contribution in [3.63, 3.8) is 0 Å². The second-order valence-electron chi connectivity index (χ2n) is 9.00. The van der Waals surface area contributed by atoms with E-state index in [9.17, 15) is 4.79 Å². The molecule has 2 aromatic carbocycles. The van der Waals surface area contributed by atoms with Crippen molar-refractivity contribution in [1.29, 1.82) is 0 Å². The van der Waals surface area contributed by atoms with E-state index in [1.807, 2.05) is 30.5 Å². The fourth-order valence-electron chi connectivity index (χ4n) is 4.57. The minimum Gasteiger partial charge on any atom is -0.371 e. The molecule has 1 aliphatic heterocycles. The number of hydrogen-bond donors (Lipinski definition) is 2. The smallest absolute Gasteiger partial charge is 0.224 e. The van der Waals surface area contributed by atoms with E-state index >= 15 is 0 Å². The van der Waals surface area contributed by atoms with Crippen LogP contribution in [0.3, 0.4) is 0 Å². The molecule has 0 aliphatic carbocycles. The Morgan fingerprint density at radius 3 is 2.52 bits per heavy atom. The minimum atomic E-state index is 0.0944. The number of carbonyl (C=O) groups excluding carboxylic acids is 1. The first kappa shape index (κ1) is 23.1. The van der Waals surface area contributed by atoms with Crippen LogP contribution in [0, 0.1) is 0 Å². The summed E-state index contributed by atoms with van der Waals surface area (Å²) in [4.78, 5) is 17.2. The van der Waals surface area contributed by atoms with Gasteiger partial charge >= 0.3 is 0 Å². The molecule has 174 valence electrons. The standard InChI is InChI=1S/C27H35N5O/c1-31(21-24-15-18-28-30-24)25-16-19-32(20-17-25)26-13-11-23(12-14-26)29-27(33)10-6-5-9-22-7-3-2-4-8-22/h2-4,7-8,11-15,18,25H,5-6,9-10,16-17,19-21H2,1H3,(H,28,30)(H,29,33). The summed E-state index contributed by atoms with van der Waals surface area (Å²) in [5.41, 5.74) is 4.60. The lowest BCUT2D eigenvalue weighted by molar-refractivity contribution is -0.116. The Bertz CT molecular complexity index is 964. The molecule has 6 nitrogen and oxygen atoms in total. The highest BCUT2D eigenvalue weighted by molar-refractivity contribution is 5.90. The number of amides is 1. The Labute approximate surface area is 197 Å². The topological polar surface area (TPSA) is 64.3 Å². The van der Waals surface area contributed by atoms with E-state index in [0.29, 0.717) is 12.5 Å². The third kappa shape index (κ3) is 6.93. The van der Waals surface area contributed by atoms with Crippen LogP contribution < -0.4 is 10.2 Å². The quantitative estimate of drug-likeness (QED) is 0.437. The predicted molar refractivity (Wildman–Crippen MR) is 134 cm³/mol. The Morgan fingerprint density at radius 1 is 1.06 bits per heavy atom. The van der Waals surface area contributed by atoms with Crippen molar-refractivity contribution < 1.29 is 4.79 Å². The average molecular weight is 446 g/mol. The zero-order valence-electron chi connectivity index (χ0n) is 19.5. The number of benzene rings is 2. The number of H-pyrrole nitrogens is 1. The fraction of sp³-hybridized carbons (Fsp3) is 0.407. The molecule has 2 heterocycles. The summed E-state index contributed by atoms with van der Waals surface area (Å²) in [6.45, 7) is 3.00. The van der Waals surface area contributed by atoms with Crippen LogP contribution in [0.15, 0.2) is 66.9 Å². The third-order valence-corrected chi connectivity index (χ3v) is 6.54. The number of carbonyl (C=O) groups is 1. The van der Waals surface area contributed by atoms with E-state index in [1.165, 1.54) is 11.3 Å². The number of unbranched alkanes of at least 4 members (excludes halogenated alkanes) is 1. The summed E-state index contributed by atoms with van der Waals surface area (Å²) in [5.74, 6) is 0.0944. The molecule has 0 spiro atoms. The van der Waals surface area contributed by atoms with E-state index in [2.05, 4.69) is 68.8 Å². The minimum absolute atomic E-state index is 0.0944. The van der Waals surface area contributed by atoms with Gasteiger partial charge in [0.05, 0.1) is 0 Å². The van der Waals surface area contributed by atoms with Gasteiger partial charge in [0.15, 0.2) is 0 Å². The van der Waals surface area contributed by atoms with Crippen LogP contribution in [0.5, 0.6) is 0 Å². The maximum absolute atomic E-state index is 12.3. The van der Waals surface area contributed by atoms with Crippen molar-refractivity contribution in [2.24, 2.45) is 0 Å². The highest BCUT2D eigenvalue weighted by atomic mass is 16.1. The Kier molecular flexibility index (Phi) is 8.14. The van der Waals surface area contributed by atoms with Crippen LogP contribution in [0.4, 0.5) is 11.4 Å². The molecule has 33 heavy (non-hydrogen) atoms. The highest BCUT2D eigenvalue weighted by Crippen LogP contribution is 2.24. The van der Waals surface area contributed by atoms with Crippen LogP contribution >= 0.6 is 0 Å². The molecule has 0 radical (unpaired) electrons. The van der Waals surface area contributed by atoms with Crippen LogP contribution in [-0.2, 0) is 17.8 Å². The monoisotopic (exact) mass is 445 g/mol. The molecule has 6 heteroatoms. The van der Waals surface area contributed by atoms with Gasteiger partial charge in [0.2, 0.25) is 5.91 Å². The summed E-state index contributed by atoms with van der Waals surface area (Å²) in [6, 6.07) is 21.4. The number of nitrogens with zero attached hydrogens (tertiary/aromatic N) is 3. The lowest BCUT2D eigenvalue weighted by Crippen LogP contribution is -2.43. The molecule has 0 atom stereocenters. The van der Waals surface area contributed by atoms with Crippen molar-refractivity contribution in [3.05, 3.63) is 78.1 Å². The lowest BCUT2D eigenvalue weighted by atomic mass is 10.0. The summed E-state index contributed by atoms with van der Waals surface area (Å²) in [7, 11) is 2.19. The van der Waals surface area contributed by atoms with Crippen LogP contribution in [0.1, 0.15) is 43.4 Å². The van der Waals surface area contributed by atoms with Crippen molar-refractivity contribution >= 4 is 17.3 Å². The molecule has 0 saturated carbocycles. The molecular weight excluding hydrogens is 410 g/mol. The Balaban J connectivity index is 1.16. The Hall–Kier alpha value is -3.12. The first-order chi connectivity index (χ1) is 16.2. The van der Waals surface area contributed by atoms with E-state index in [-0.39, 0.29) is 5.91 Å². The summed E-state index contributed by atoms with van der Waals surface area (Å²) < 4.78 is 0. The molecule has 1 amide bonds. The van der Waals surface area contributed by atoms with Crippen molar-refractivity contribution in [2.45, 2.75) is 51.1 Å². The predicted octanol–water partition coefficient (Wildman–Crippen LogP) is 4.86. The molecule has 2 N–H and O–H groups in total. The molecule has 1 aliphatic rings. The van der Waals surface area contributed by atoms with Gasteiger partial charge in [-0.05, 0) is 75.0 Å². The van der Waals surface area contributed by atoms with Gasteiger partial charge in [-0.2, -0.15) is 5.10 Å². The Morgan fingerprint density at radius 2 is 1.82 bits per heavy atom. The van der Waals surface area contributed by atoms with E-state index in [1.54, 1.807) is 0 Å². The maximum atomic E-state index is 12.3. The SMILES string of the molecule is CN(Cc1ccn[nH]1)C1CCN(c2ccc(NC(=O)CCCCc3ccccc3)cc2)CC1. The number of hydrogen-bond acceptors (Lipinski definition) is 4. The molecule has 1 saturated heterocycles. The van der Waals surface area contributed by atoms with Crippen LogP contribution in [0.25, 0.3) is 0 Å². The molecule has 3 aromatic rings. The van der Waals surface area contributed by atoms with Crippen molar-refractivity contribution in [1.82, 2.24) is 15.1 Å². The summed E-state index contributed by atoms with van der Waals surface area (Å²) in [6.07, 6.45) is 7.63. The molecule has 1 fully saturated rings. The average Bonchev–Trinajstić information content (AvgIpc) is 3.36. The van der Waals surface area contributed by atoms with Gasteiger partial charge in [-0.25, -0.2) is 0 Å². The van der Waals surface area contributed by atoms with E-state index < -0.39 is 0 Å². The van der Waals surface area contributed by atoms with Gasteiger partial charge in [0, 0.05) is 55.4 Å².